The Balaban J connectivity index is 0.00000161. The number of carbonyl (C=O) groups is 2. The number of aryl methyl sites for hydroxylation is 1. The van der Waals surface area contributed by atoms with Crippen molar-refractivity contribution < 1.29 is 9.59 Å². The lowest BCUT2D eigenvalue weighted by molar-refractivity contribution is -0.116. The first-order chi connectivity index (χ1) is 9.72. The van der Waals surface area contributed by atoms with Crippen molar-refractivity contribution in [1.29, 1.82) is 0 Å². The van der Waals surface area contributed by atoms with Crippen LogP contribution in [0.25, 0.3) is 0 Å². The third-order valence-corrected chi connectivity index (χ3v) is 4.14. The highest BCUT2D eigenvalue weighted by molar-refractivity contribution is 6.00. The zero-order valence-electron chi connectivity index (χ0n) is 12.0. The molecule has 21 heavy (non-hydrogen) atoms. The summed E-state index contributed by atoms with van der Waals surface area (Å²) in [4.78, 5) is 23.9. The predicted octanol–water partition coefficient (Wildman–Crippen LogP) is 2.71. The van der Waals surface area contributed by atoms with Crippen molar-refractivity contribution in [2.45, 2.75) is 44.6 Å². The largest absolute Gasteiger partial charge is 0.326 e. The number of carbonyl (C=O) groups excluding carboxylic acids is 2. The number of hydrogen-bond donors (Lipinski definition) is 2. The maximum atomic E-state index is 12.0. The molecule has 0 aromatic heterocycles. The molecule has 114 valence electrons. The van der Waals surface area contributed by atoms with Crippen LogP contribution in [0.3, 0.4) is 0 Å². The SMILES string of the molecule is Cl.O=C(CC1CCCN1)Nc1ccc2c(c1)C(=O)CCC2. The normalized spacial score (nSPS) is 20.6. The fourth-order valence-electron chi connectivity index (χ4n) is 3.07. The van der Waals surface area contributed by atoms with Gasteiger partial charge in [-0.05, 0) is 49.9 Å². The van der Waals surface area contributed by atoms with Crippen molar-refractivity contribution in [2.24, 2.45) is 0 Å². The number of ketones is 1. The van der Waals surface area contributed by atoms with E-state index in [2.05, 4.69) is 10.6 Å². The van der Waals surface area contributed by atoms with Gasteiger partial charge in [0.2, 0.25) is 5.91 Å². The Kier molecular flexibility index (Phi) is 5.37. The van der Waals surface area contributed by atoms with E-state index in [1.807, 2.05) is 18.2 Å². The molecule has 2 aliphatic rings. The van der Waals surface area contributed by atoms with Gasteiger partial charge >= 0.3 is 0 Å². The molecule has 0 saturated carbocycles. The molecule has 2 N–H and O–H groups in total. The van der Waals surface area contributed by atoms with E-state index < -0.39 is 0 Å². The third-order valence-electron chi connectivity index (χ3n) is 4.14. The van der Waals surface area contributed by atoms with Crippen LogP contribution in [0.5, 0.6) is 0 Å². The van der Waals surface area contributed by atoms with Crippen LogP contribution >= 0.6 is 12.4 Å². The van der Waals surface area contributed by atoms with E-state index in [9.17, 15) is 9.59 Å². The van der Waals surface area contributed by atoms with Gasteiger partial charge in [0.1, 0.15) is 0 Å². The van der Waals surface area contributed by atoms with E-state index in [1.54, 1.807) is 0 Å². The molecule has 1 amide bonds. The number of amides is 1. The van der Waals surface area contributed by atoms with Gasteiger partial charge in [-0.15, -0.1) is 12.4 Å². The summed E-state index contributed by atoms with van der Waals surface area (Å²) in [5.74, 6) is 0.215. The Hall–Kier alpha value is -1.39. The summed E-state index contributed by atoms with van der Waals surface area (Å²) in [5.41, 5.74) is 2.63. The lowest BCUT2D eigenvalue weighted by atomic mass is 9.90. The van der Waals surface area contributed by atoms with Gasteiger partial charge in [0, 0.05) is 30.1 Å². The summed E-state index contributed by atoms with van der Waals surface area (Å²) in [5, 5.41) is 6.22. The molecule has 1 heterocycles. The van der Waals surface area contributed by atoms with Crippen molar-refractivity contribution in [3.8, 4) is 0 Å². The summed E-state index contributed by atoms with van der Waals surface area (Å²) in [7, 11) is 0. The van der Waals surface area contributed by atoms with Gasteiger partial charge in [-0.25, -0.2) is 0 Å². The number of benzene rings is 1. The van der Waals surface area contributed by atoms with Crippen LogP contribution in [0, 0.1) is 0 Å². The lowest BCUT2D eigenvalue weighted by Gasteiger charge is -2.16. The molecule has 3 rings (SSSR count). The topological polar surface area (TPSA) is 58.2 Å². The van der Waals surface area contributed by atoms with Gasteiger partial charge in [-0.3, -0.25) is 9.59 Å². The summed E-state index contributed by atoms with van der Waals surface area (Å²) in [6.45, 7) is 1.01. The number of nitrogens with one attached hydrogen (secondary N) is 2. The van der Waals surface area contributed by atoms with Crippen LogP contribution in [0.2, 0.25) is 0 Å². The molecule has 1 aliphatic carbocycles. The van der Waals surface area contributed by atoms with Gasteiger partial charge in [0.05, 0.1) is 0 Å². The van der Waals surface area contributed by atoms with Gasteiger partial charge in [-0.1, -0.05) is 6.07 Å². The average molecular weight is 309 g/mol. The number of Topliss-reactive ketones (excluding diaryl/α,β-unsaturated/α-hetero) is 1. The monoisotopic (exact) mass is 308 g/mol. The zero-order valence-corrected chi connectivity index (χ0v) is 12.8. The molecule has 0 radical (unpaired) electrons. The van der Waals surface area contributed by atoms with Crippen LogP contribution in [0.1, 0.15) is 48.0 Å². The minimum atomic E-state index is 0. The van der Waals surface area contributed by atoms with E-state index in [1.165, 1.54) is 0 Å². The molecule has 1 unspecified atom stereocenters. The van der Waals surface area contributed by atoms with E-state index in [-0.39, 0.29) is 24.1 Å². The van der Waals surface area contributed by atoms with Gasteiger partial charge in [0.25, 0.3) is 0 Å². The summed E-state index contributed by atoms with van der Waals surface area (Å²) < 4.78 is 0. The molecule has 1 aromatic carbocycles. The van der Waals surface area contributed by atoms with E-state index in [0.29, 0.717) is 18.9 Å². The number of halogens is 1. The Bertz CT molecular complexity index is 539. The Morgan fingerprint density at radius 2 is 2.14 bits per heavy atom. The number of anilines is 1. The molecule has 1 saturated heterocycles. The Morgan fingerprint density at radius 1 is 1.29 bits per heavy atom. The van der Waals surface area contributed by atoms with Gasteiger partial charge in [0.15, 0.2) is 5.78 Å². The standard InChI is InChI=1S/C16H20N2O2.ClH/c19-15-5-1-3-11-6-7-13(9-14(11)15)18-16(20)10-12-4-2-8-17-12;/h6-7,9,12,17H,1-5,8,10H2,(H,18,20);1H. The first-order valence-electron chi connectivity index (χ1n) is 7.42. The highest BCUT2D eigenvalue weighted by Gasteiger charge is 2.20. The van der Waals surface area contributed by atoms with Crippen LogP contribution in [0.4, 0.5) is 5.69 Å². The lowest BCUT2D eigenvalue weighted by Crippen LogP contribution is -2.27. The second-order valence-electron chi connectivity index (χ2n) is 5.69. The van der Waals surface area contributed by atoms with Crippen molar-refractivity contribution >= 4 is 29.8 Å². The zero-order chi connectivity index (χ0) is 13.9. The molecule has 0 bridgehead atoms. The van der Waals surface area contributed by atoms with Crippen molar-refractivity contribution in [2.75, 3.05) is 11.9 Å². The number of hydrogen-bond acceptors (Lipinski definition) is 3. The first-order valence-corrected chi connectivity index (χ1v) is 7.42. The molecule has 1 fully saturated rings. The van der Waals surface area contributed by atoms with Crippen molar-refractivity contribution in [3.63, 3.8) is 0 Å². The van der Waals surface area contributed by atoms with E-state index in [4.69, 9.17) is 0 Å². The highest BCUT2D eigenvalue weighted by atomic mass is 35.5. The summed E-state index contributed by atoms with van der Waals surface area (Å²) in [6, 6.07) is 6.00. The first kappa shape index (κ1) is 16.0. The molecule has 4 nitrogen and oxygen atoms in total. The minimum absolute atomic E-state index is 0. The summed E-state index contributed by atoms with van der Waals surface area (Å²) in [6.07, 6.45) is 5.23. The molecule has 1 aliphatic heterocycles. The summed E-state index contributed by atoms with van der Waals surface area (Å²) >= 11 is 0. The number of rotatable bonds is 3. The van der Waals surface area contributed by atoms with Gasteiger partial charge in [-0.2, -0.15) is 0 Å². The third kappa shape index (κ3) is 3.83. The quantitative estimate of drug-likeness (QED) is 0.902. The van der Waals surface area contributed by atoms with Crippen LogP contribution in [0.15, 0.2) is 18.2 Å². The molecular formula is C16H21ClN2O2. The van der Waals surface area contributed by atoms with Crippen LogP contribution < -0.4 is 10.6 Å². The maximum Gasteiger partial charge on any atom is 0.225 e. The Labute approximate surface area is 131 Å². The van der Waals surface area contributed by atoms with Crippen molar-refractivity contribution in [1.82, 2.24) is 5.32 Å². The van der Waals surface area contributed by atoms with Gasteiger partial charge < -0.3 is 10.6 Å². The fraction of sp³-hybridized carbons (Fsp3) is 0.500. The Morgan fingerprint density at radius 3 is 2.90 bits per heavy atom. The smallest absolute Gasteiger partial charge is 0.225 e. The van der Waals surface area contributed by atoms with Crippen LogP contribution in [-0.4, -0.2) is 24.3 Å². The molecular weight excluding hydrogens is 288 g/mol. The molecule has 0 spiro atoms. The predicted molar refractivity (Wildman–Crippen MR) is 85.2 cm³/mol. The number of fused-ring (bicyclic) bond motifs is 1. The maximum absolute atomic E-state index is 12.0. The van der Waals surface area contributed by atoms with Crippen molar-refractivity contribution in [3.05, 3.63) is 29.3 Å². The minimum Gasteiger partial charge on any atom is -0.326 e. The fourth-order valence-corrected chi connectivity index (χ4v) is 3.07. The van der Waals surface area contributed by atoms with E-state index >= 15 is 0 Å². The molecule has 5 heteroatoms. The average Bonchev–Trinajstić information content (AvgIpc) is 2.92. The van der Waals surface area contributed by atoms with E-state index in [0.717, 1.165) is 49.0 Å². The second kappa shape index (κ2) is 7.05. The molecule has 1 atom stereocenters. The highest BCUT2D eigenvalue weighted by Crippen LogP contribution is 2.24. The molecule has 1 aromatic rings. The second-order valence-corrected chi connectivity index (χ2v) is 5.69. The van der Waals surface area contributed by atoms with Crippen LogP contribution in [-0.2, 0) is 11.2 Å².